The number of nitrogen functional groups attached to an aromatic ring is 1. The van der Waals surface area contributed by atoms with Gasteiger partial charge in [0.05, 0.1) is 18.4 Å². The van der Waals surface area contributed by atoms with E-state index in [1.807, 2.05) is 6.92 Å². The van der Waals surface area contributed by atoms with Crippen LogP contribution >= 0.6 is 11.8 Å². The number of ether oxygens (including phenoxy) is 1. The summed E-state index contributed by atoms with van der Waals surface area (Å²) in [6, 6.07) is 4.95. The van der Waals surface area contributed by atoms with Crippen LogP contribution in [0.4, 0.5) is 5.69 Å². The van der Waals surface area contributed by atoms with Crippen molar-refractivity contribution in [1.82, 2.24) is 5.32 Å². The number of thioether (sulfide) groups is 1. The van der Waals surface area contributed by atoms with E-state index < -0.39 is 5.97 Å². The number of hydrogen-bond donors (Lipinski definition) is 2. The van der Waals surface area contributed by atoms with Crippen molar-refractivity contribution in [2.45, 2.75) is 11.8 Å². The highest BCUT2D eigenvalue weighted by Gasteiger charge is 2.13. The van der Waals surface area contributed by atoms with Crippen LogP contribution in [0.25, 0.3) is 0 Å². The third-order valence-electron chi connectivity index (χ3n) is 2.14. The van der Waals surface area contributed by atoms with Crippen molar-refractivity contribution in [3.8, 4) is 0 Å². The number of esters is 1. The van der Waals surface area contributed by atoms with E-state index in [4.69, 9.17) is 5.73 Å². The average molecular weight is 268 g/mol. The second-order valence-electron chi connectivity index (χ2n) is 3.49. The first-order valence-corrected chi connectivity index (χ1v) is 6.44. The zero-order chi connectivity index (χ0) is 13.5. The fourth-order valence-corrected chi connectivity index (χ4v) is 2.19. The molecule has 0 bridgehead atoms. The number of rotatable bonds is 5. The smallest absolute Gasteiger partial charge is 0.339 e. The Hall–Kier alpha value is -1.69. The number of anilines is 1. The van der Waals surface area contributed by atoms with E-state index in [9.17, 15) is 9.59 Å². The fourth-order valence-electron chi connectivity index (χ4n) is 1.33. The number of nitrogens with one attached hydrogen (secondary N) is 1. The van der Waals surface area contributed by atoms with Gasteiger partial charge in [-0.15, -0.1) is 11.8 Å². The molecule has 5 nitrogen and oxygen atoms in total. The molecule has 0 saturated heterocycles. The Balaban J connectivity index is 2.81. The van der Waals surface area contributed by atoms with Gasteiger partial charge in [0.2, 0.25) is 5.91 Å². The summed E-state index contributed by atoms with van der Waals surface area (Å²) >= 11 is 1.28. The van der Waals surface area contributed by atoms with E-state index >= 15 is 0 Å². The van der Waals surface area contributed by atoms with Gasteiger partial charge in [0.1, 0.15) is 0 Å². The van der Waals surface area contributed by atoms with Crippen molar-refractivity contribution in [3.63, 3.8) is 0 Å². The topological polar surface area (TPSA) is 81.4 Å². The summed E-state index contributed by atoms with van der Waals surface area (Å²) in [6.45, 7) is 2.44. The predicted molar refractivity (Wildman–Crippen MR) is 71.6 cm³/mol. The molecular weight excluding hydrogens is 252 g/mol. The highest BCUT2D eigenvalue weighted by atomic mass is 32.2. The lowest BCUT2D eigenvalue weighted by atomic mass is 10.2. The Bertz CT molecular complexity index is 449. The van der Waals surface area contributed by atoms with Crippen molar-refractivity contribution in [1.29, 1.82) is 0 Å². The van der Waals surface area contributed by atoms with Gasteiger partial charge >= 0.3 is 5.97 Å². The molecule has 0 atom stereocenters. The maximum atomic E-state index is 11.6. The van der Waals surface area contributed by atoms with Gasteiger partial charge in [0.25, 0.3) is 0 Å². The van der Waals surface area contributed by atoms with Crippen molar-refractivity contribution < 1.29 is 14.3 Å². The Morgan fingerprint density at radius 3 is 2.78 bits per heavy atom. The van der Waals surface area contributed by atoms with Crippen LogP contribution in [0.5, 0.6) is 0 Å². The van der Waals surface area contributed by atoms with E-state index in [1.165, 1.54) is 18.9 Å². The zero-order valence-corrected chi connectivity index (χ0v) is 11.2. The van der Waals surface area contributed by atoms with Gasteiger partial charge in [-0.05, 0) is 25.1 Å². The molecule has 0 saturated carbocycles. The minimum atomic E-state index is -0.458. The molecule has 18 heavy (non-hydrogen) atoms. The molecule has 0 aliphatic rings. The number of nitrogens with two attached hydrogens (primary N) is 1. The van der Waals surface area contributed by atoms with Crippen molar-refractivity contribution in [2.24, 2.45) is 0 Å². The maximum absolute atomic E-state index is 11.6. The van der Waals surface area contributed by atoms with Crippen LogP contribution < -0.4 is 11.1 Å². The second kappa shape index (κ2) is 6.90. The van der Waals surface area contributed by atoms with E-state index in [1.54, 1.807) is 18.2 Å². The highest BCUT2D eigenvalue weighted by molar-refractivity contribution is 8.00. The van der Waals surface area contributed by atoms with Gasteiger partial charge in [0.15, 0.2) is 0 Å². The predicted octanol–water partition coefficient (Wildman–Crippen LogP) is 1.28. The van der Waals surface area contributed by atoms with Crippen LogP contribution in [0.3, 0.4) is 0 Å². The third kappa shape index (κ3) is 3.96. The third-order valence-corrected chi connectivity index (χ3v) is 3.22. The van der Waals surface area contributed by atoms with Gasteiger partial charge in [-0.25, -0.2) is 4.79 Å². The Labute approximate surface area is 110 Å². The molecule has 1 aromatic rings. The van der Waals surface area contributed by atoms with Crippen LogP contribution in [0.15, 0.2) is 23.1 Å². The number of amides is 1. The van der Waals surface area contributed by atoms with Crippen LogP contribution in [0, 0.1) is 0 Å². The van der Waals surface area contributed by atoms with Crippen LogP contribution in [-0.2, 0) is 9.53 Å². The monoisotopic (exact) mass is 268 g/mol. The minimum Gasteiger partial charge on any atom is -0.465 e. The molecule has 0 aliphatic heterocycles. The normalized spacial score (nSPS) is 9.89. The molecule has 3 N–H and O–H groups in total. The first-order chi connectivity index (χ1) is 8.58. The molecule has 1 rings (SSSR count). The van der Waals surface area contributed by atoms with Gasteiger partial charge in [-0.3, -0.25) is 4.79 Å². The molecule has 98 valence electrons. The first kappa shape index (κ1) is 14.4. The largest absolute Gasteiger partial charge is 0.465 e. The summed E-state index contributed by atoms with van der Waals surface area (Å²) < 4.78 is 4.68. The lowest BCUT2D eigenvalue weighted by Crippen LogP contribution is -2.24. The van der Waals surface area contributed by atoms with Gasteiger partial charge in [-0.2, -0.15) is 0 Å². The summed E-state index contributed by atoms with van der Waals surface area (Å²) in [4.78, 5) is 23.6. The van der Waals surface area contributed by atoms with Crippen LogP contribution in [0.1, 0.15) is 17.3 Å². The molecule has 6 heteroatoms. The number of methoxy groups -OCH3 is 1. The van der Waals surface area contributed by atoms with E-state index in [2.05, 4.69) is 10.1 Å². The van der Waals surface area contributed by atoms with Crippen molar-refractivity contribution >= 4 is 29.3 Å². The summed E-state index contributed by atoms with van der Waals surface area (Å²) in [7, 11) is 1.31. The van der Waals surface area contributed by atoms with E-state index in [0.29, 0.717) is 22.7 Å². The molecule has 0 unspecified atom stereocenters. The van der Waals surface area contributed by atoms with E-state index in [0.717, 1.165) is 0 Å². The number of carbonyl (C=O) groups is 2. The van der Waals surface area contributed by atoms with Crippen molar-refractivity contribution in [3.05, 3.63) is 23.8 Å². The van der Waals surface area contributed by atoms with E-state index in [-0.39, 0.29) is 11.7 Å². The standard InChI is InChI=1S/C12H16N2O3S/c1-3-14-11(15)7-18-10-5-4-8(13)6-9(10)12(16)17-2/h4-6H,3,7,13H2,1-2H3,(H,14,15). The second-order valence-corrected chi connectivity index (χ2v) is 4.51. The average Bonchev–Trinajstić information content (AvgIpc) is 2.36. The van der Waals surface area contributed by atoms with Gasteiger partial charge in [0, 0.05) is 17.1 Å². The molecule has 0 heterocycles. The quantitative estimate of drug-likeness (QED) is 0.477. The summed E-state index contributed by atoms with van der Waals surface area (Å²) in [5.41, 5.74) is 6.49. The van der Waals surface area contributed by atoms with Crippen molar-refractivity contribution in [2.75, 3.05) is 25.1 Å². The molecule has 1 aromatic carbocycles. The number of benzene rings is 1. The Morgan fingerprint density at radius 1 is 1.44 bits per heavy atom. The van der Waals surface area contributed by atoms with Crippen LogP contribution in [0.2, 0.25) is 0 Å². The molecular formula is C12H16N2O3S. The Morgan fingerprint density at radius 2 is 2.17 bits per heavy atom. The lowest BCUT2D eigenvalue weighted by Gasteiger charge is -2.08. The molecule has 0 aromatic heterocycles. The molecule has 0 spiro atoms. The van der Waals surface area contributed by atoms with Gasteiger partial charge in [-0.1, -0.05) is 0 Å². The molecule has 1 amide bonds. The zero-order valence-electron chi connectivity index (χ0n) is 10.4. The fraction of sp³-hybridized carbons (Fsp3) is 0.333. The molecule has 0 aliphatic carbocycles. The highest BCUT2D eigenvalue weighted by Crippen LogP contribution is 2.25. The summed E-state index contributed by atoms with van der Waals surface area (Å²) in [6.07, 6.45) is 0. The molecule has 0 fully saturated rings. The summed E-state index contributed by atoms with van der Waals surface area (Å²) in [5, 5.41) is 2.69. The molecule has 0 radical (unpaired) electrons. The first-order valence-electron chi connectivity index (χ1n) is 5.45. The maximum Gasteiger partial charge on any atom is 0.339 e. The SMILES string of the molecule is CCNC(=O)CSc1ccc(N)cc1C(=O)OC. The summed E-state index contributed by atoms with van der Waals surface area (Å²) in [5.74, 6) is -0.280. The lowest BCUT2D eigenvalue weighted by molar-refractivity contribution is -0.118. The van der Waals surface area contributed by atoms with Gasteiger partial charge < -0.3 is 15.8 Å². The number of hydrogen-bond acceptors (Lipinski definition) is 5. The Kier molecular flexibility index (Phi) is 5.51. The minimum absolute atomic E-state index is 0.0739. The van der Waals surface area contributed by atoms with Crippen LogP contribution in [-0.4, -0.2) is 31.3 Å². The number of carbonyl (C=O) groups excluding carboxylic acids is 2.